The number of alkyl halides is 3. The summed E-state index contributed by atoms with van der Waals surface area (Å²) in [6, 6.07) is 12.1. The Balaban J connectivity index is 1.64. The largest absolute Gasteiger partial charge is 0.497 e. The molecule has 0 aliphatic heterocycles. The van der Waals surface area contributed by atoms with Crippen LogP contribution in [-0.2, 0) is 12.7 Å². The number of carbonyl (C=O) groups excluding carboxylic acids is 1. The van der Waals surface area contributed by atoms with Gasteiger partial charge < -0.3 is 10.1 Å². The molecule has 2 aromatic carbocycles. The lowest BCUT2D eigenvalue weighted by atomic mass is 10.1. The fourth-order valence-corrected chi connectivity index (χ4v) is 3.83. The summed E-state index contributed by atoms with van der Waals surface area (Å²) in [4.78, 5) is 17.9. The first-order chi connectivity index (χ1) is 14.4. The van der Waals surface area contributed by atoms with E-state index in [1.165, 1.54) is 23.5 Å². The Hall–Kier alpha value is -3.33. The van der Waals surface area contributed by atoms with Gasteiger partial charge in [0.1, 0.15) is 5.75 Å². The molecule has 2 heterocycles. The fourth-order valence-electron chi connectivity index (χ4n) is 3.11. The average Bonchev–Trinajstić information content (AvgIpc) is 3.33. The van der Waals surface area contributed by atoms with Crippen LogP contribution in [0.5, 0.6) is 5.75 Å². The van der Waals surface area contributed by atoms with Gasteiger partial charge in [-0.1, -0.05) is 24.3 Å². The second kappa shape index (κ2) is 7.83. The number of amides is 1. The molecular formula is C21H16F3N3O2S. The van der Waals surface area contributed by atoms with Crippen molar-refractivity contribution < 1.29 is 22.7 Å². The molecule has 0 spiro atoms. The second-order valence-corrected chi connectivity index (χ2v) is 7.35. The lowest BCUT2D eigenvalue weighted by Gasteiger charge is -2.10. The molecule has 0 aliphatic carbocycles. The summed E-state index contributed by atoms with van der Waals surface area (Å²) in [5.74, 6) is 0.161. The SMILES string of the molecule is COc1cccc(-c2c(C(=O)NCc3cccc(C(F)(F)F)c3)nc3sccn23)c1. The summed E-state index contributed by atoms with van der Waals surface area (Å²) in [6.45, 7) is -0.0501. The van der Waals surface area contributed by atoms with E-state index in [4.69, 9.17) is 4.74 Å². The molecular weight excluding hydrogens is 415 g/mol. The number of carbonyl (C=O) groups is 1. The van der Waals surface area contributed by atoms with E-state index >= 15 is 0 Å². The number of rotatable bonds is 5. The number of nitrogens with zero attached hydrogens (tertiary/aromatic N) is 2. The topological polar surface area (TPSA) is 55.6 Å². The van der Waals surface area contributed by atoms with Crippen LogP contribution in [0.3, 0.4) is 0 Å². The molecule has 1 amide bonds. The van der Waals surface area contributed by atoms with E-state index in [1.807, 2.05) is 23.7 Å². The van der Waals surface area contributed by atoms with E-state index in [9.17, 15) is 18.0 Å². The first-order valence-corrected chi connectivity index (χ1v) is 9.79. The van der Waals surface area contributed by atoms with Gasteiger partial charge >= 0.3 is 6.18 Å². The van der Waals surface area contributed by atoms with Crippen LogP contribution < -0.4 is 10.1 Å². The van der Waals surface area contributed by atoms with Gasteiger partial charge in [0.05, 0.1) is 18.4 Å². The Labute approximate surface area is 173 Å². The Kier molecular flexibility index (Phi) is 5.21. The van der Waals surface area contributed by atoms with Gasteiger partial charge in [0.15, 0.2) is 10.7 Å². The quantitative estimate of drug-likeness (QED) is 0.483. The number of imidazole rings is 1. The van der Waals surface area contributed by atoms with E-state index < -0.39 is 17.6 Å². The molecule has 30 heavy (non-hydrogen) atoms. The van der Waals surface area contributed by atoms with Crippen molar-refractivity contribution in [3.05, 3.63) is 76.9 Å². The maximum atomic E-state index is 12.9. The maximum absolute atomic E-state index is 12.9. The van der Waals surface area contributed by atoms with Crippen molar-refractivity contribution in [2.45, 2.75) is 12.7 Å². The van der Waals surface area contributed by atoms with Gasteiger partial charge in [0, 0.05) is 23.7 Å². The number of hydrogen-bond donors (Lipinski definition) is 1. The number of ether oxygens (including phenoxy) is 1. The van der Waals surface area contributed by atoms with E-state index in [0.29, 0.717) is 22.0 Å². The highest BCUT2D eigenvalue weighted by Crippen LogP contribution is 2.31. The normalized spacial score (nSPS) is 11.6. The molecule has 0 saturated heterocycles. The smallest absolute Gasteiger partial charge is 0.416 e. The van der Waals surface area contributed by atoms with Gasteiger partial charge in [0.2, 0.25) is 0 Å². The Morgan fingerprint density at radius 1 is 1.20 bits per heavy atom. The predicted octanol–water partition coefficient (Wildman–Crippen LogP) is 5.02. The van der Waals surface area contributed by atoms with Gasteiger partial charge in [-0.3, -0.25) is 9.20 Å². The van der Waals surface area contributed by atoms with Gasteiger partial charge in [-0.25, -0.2) is 4.98 Å². The molecule has 0 saturated carbocycles. The molecule has 5 nitrogen and oxygen atoms in total. The minimum atomic E-state index is -4.44. The molecule has 1 N–H and O–H groups in total. The van der Waals surface area contributed by atoms with Crippen LogP contribution in [0.15, 0.2) is 60.1 Å². The summed E-state index contributed by atoms with van der Waals surface area (Å²) in [5.41, 5.74) is 1.12. The lowest BCUT2D eigenvalue weighted by Crippen LogP contribution is -2.24. The molecule has 0 atom stereocenters. The van der Waals surface area contributed by atoms with Crippen molar-refractivity contribution in [1.82, 2.24) is 14.7 Å². The summed E-state index contributed by atoms with van der Waals surface area (Å²) < 4.78 is 45.8. The van der Waals surface area contributed by atoms with Gasteiger partial charge in [-0.2, -0.15) is 13.2 Å². The van der Waals surface area contributed by atoms with Crippen molar-refractivity contribution in [2.24, 2.45) is 0 Å². The molecule has 4 rings (SSSR count). The van der Waals surface area contributed by atoms with Crippen molar-refractivity contribution in [3.63, 3.8) is 0 Å². The molecule has 2 aromatic heterocycles. The van der Waals surface area contributed by atoms with Crippen molar-refractivity contribution >= 4 is 22.2 Å². The third kappa shape index (κ3) is 3.88. The van der Waals surface area contributed by atoms with Crippen molar-refractivity contribution in [3.8, 4) is 17.0 Å². The highest BCUT2D eigenvalue weighted by atomic mass is 32.1. The summed E-state index contributed by atoms with van der Waals surface area (Å²) >= 11 is 1.38. The summed E-state index contributed by atoms with van der Waals surface area (Å²) in [5, 5.41) is 4.53. The number of thiazole rings is 1. The highest BCUT2D eigenvalue weighted by Gasteiger charge is 2.30. The van der Waals surface area contributed by atoms with Crippen molar-refractivity contribution in [1.29, 1.82) is 0 Å². The zero-order valence-corrected chi connectivity index (χ0v) is 16.6. The van der Waals surface area contributed by atoms with Gasteiger partial charge in [-0.05, 0) is 29.8 Å². The number of aromatic nitrogens is 2. The molecule has 0 fully saturated rings. The fraction of sp³-hybridized carbons (Fsp3) is 0.143. The van der Waals surface area contributed by atoms with Gasteiger partial charge in [-0.15, -0.1) is 11.3 Å². The summed E-state index contributed by atoms with van der Waals surface area (Å²) in [6.07, 6.45) is -2.63. The van der Waals surface area contributed by atoms with Crippen LogP contribution in [0, 0.1) is 0 Å². The molecule has 0 unspecified atom stereocenters. The first-order valence-electron chi connectivity index (χ1n) is 8.91. The predicted molar refractivity (Wildman–Crippen MR) is 108 cm³/mol. The Bertz CT molecular complexity index is 1210. The minimum Gasteiger partial charge on any atom is -0.497 e. The third-order valence-corrected chi connectivity index (χ3v) is 5.28. The number of benzene rings is 2. The van der Waals surface area contributed by atoms with Gasteiger partial charge in [0.25, 0.3) is 5.91 Å². The van der Waals surface area contributed by atoms with Crippen LogP contribution in [0.4, 0.5) is 13.2 Å². The number of nitrogens with one attached hydrogen (secondary N) is 1. The standard InChI is InChI=1S/C21H16F3N3O2S/c1-29-16-7-3-5-14(11-16)18-17(26-20-27(18)8-9-30-20)19(28)25-12-13-4-2-6-15(10-13)21(22,23)24/h2-11H,12H2,1H3,(H,25,28). The molecule has 4 aromatic rings. The molecule has 154 valence electrons. The van der Waals surface area contributed by atoms with Crippen LogP contribution in [-0.4, -0.2) is 22.4 Å². The number of fused-ring (bicyclic) bond motifs is 1. The maximum Gasteiger partial charge on any atom is 0.416 e. The van der Waals surface area contributed by atoms with E-state index in [2.05, 4.69) is 10.3 Å². The van der Waals surface area contributed by atoms with Crippen LogP contribution >= 0.6 is 11.3 Å². The zero-order chi connectivity index (χ0) is 21.3. The number of halogens is 3. The van der Waals surface area contributed by atoms with Crippen molar-refractivity contribution in [2.75, 3.05) is 7.11 Å². The van der Waals surface area contributed by atoms with Crippen LogP contribution in [0.1, 0.15) is 21.6 Å². The second-order valence-electron chi connectivity index (χ2n) is 6.48. The monoisotopic (exact) mass is 431 g/mol. The van der Waals surface area contributed by atoms with E-state index in [1.54, 1.807) is 23.6 Å². The number of hydrogen-bond acceptors (Lipinski definition) is 4. The van der Waals surface area contributed by atoms with Crippen LogP contribution in [0.25, 0.3) is 16.2 Å². The van der Waals surface area contributed by atoms with E-state index in [-0.39, 0.29) is 12.2 Å². The Morgan fingerprint density at radius 2 is 2.00 bits per heavy atom. The lowest BCUT2D eigenvalue weighted by molar-refractivity contribution is -0.137. The number of methoxy groups -OCH3 is 1. The molecule has 0 bridgehead atoms. The molecule has 0 radical (unpaired) electrons. The minimum absolute atomic E-state index is 0.0501. The Morgan fingerprint density at radius 3 is 2.77 bits per heavy atom. The molecule has 9 heteroatoms. The highest BCUT2D eigenvalue weighted by molar-refractivity contribution is 7.15. The van der Waals surface area contributed by atoms with Crippen LogP contribution in [0.2, 0.25) is 0 Å². The average molecular weight is 431 g/mol. The molecule has 0 aliphatic rings. The zero-order valence-electron chi connectivity index (χ0n) is 15.7. The summed E-state index contributed by atoms with van der Waals surface area (Å²) in [7, 11) is 1.55. The first kappa shape index (κ1) is 20.0. The van der Waals surface area contributed by atoms with E-state index in [0.717, 1.165) is 17.7 Å². The third-order valence-electron chi connectivity index (χ3n) is 4.53.